The average Bonchev–Trinajstić information content (AvgIpc) is 2.71. The molecule has 1 atom stereocenters. The van der Waals surface area contributed by atoms with Crippen molar-refractivity contribution in [2.24, 2.45) is 11.8 Å². The minimum Gasteiger partial charge on any atom is -0.212 e. The van der Waals surface area contributed by atoms with Crippen LogP contribution in [-0.2, 0) is 0 Å². The first-order valence-electron chi connectivity index (χ1n) is 4.23. The van der Waals surface area contributed by atoms with Crippen LogP contribution in [0, 0.1) is 11.8 Å². The Kier molecular flexibility index (Phi) is 1.51. The minimum atomic E-state index is 0.189. The molecule has 2 aliphatic rings. The molecule has 0 aliphatic heterocycles. The van der Waals surface area contributed by atoms with Crippen molar-refractivity contribution >= 4 is 0 Å². The molecule has 0 aromatic rings. The lowest BCUT2D eigenvalue weighted by atomic mass is 9.91. The van der Waals surface area contributed by atoms with Gasteiger partial charge in [-0.3, -0.25) is 0 Å². The molecule has 0 heterocycles. The van der Waals surface area contributed by atoms with E-state index in [1.807, 2.05) is 0 Å². The number of halogens is 1. The predicted octanol–water partition coefficient (Wildman–Crippen LogP) is 3.05. The molecule has 10 heavy (non-hydrogen) atoms. The molecule has 1 heteroatoms. The van der Waals surface area contributed by atoms with E-state index in [1.54, 1.807) is 6.08 Å². The summed E-state index contributed by atoms with van der Waals surface area (Å²) >= 11 is 0. The van der Waals surface area contributed by atoms with Crippen LogP contribution < -0.4 is 0 Å². The highest BCUT2D eigenvalue weighted by Crippen LogP contribution is 2.44. The topological polar surface area (TPSA) is 0 Å². The van der Waals surface area contributed by atoms with Gasteiger partial charge in [-0.2, -0.15) is 0 Å². The molecule has 0 nitrogen and oxygen atoms in total. The van der Waals surface area contributed by atoms with Gasteiger partial charge >= 0.3 is 0 Å². The van der Waals surface area contributed by atoms with E-state index in [0.29, 0.717) is 5.92 Å². The molecule has 0 spiro atoms. The van der Waals surface area contributed by atoms with Crippen molar-refractivity contribution in [2.45, 2.75) is 32.1 Å². The molecule has 0 bridgehead atoms. The Morgan fingerprint density at radius 2 is 2.10 bits per heavy atom. The van der Waals surface area contributed by atoms with Crippen LogP contribution in [0.25, 0.3) is 0 Å². The van der Waals surface area contributed by atoms with Crippen LogP contribution in [0.15, 0.2) is 11.9 Å². The quantitative estimate of drug-likeness (QED) is 0.525. The van der Waals surface area contributed by atoms with Crippen molar-refractivity contribution in [2.75, 3.05) is 0 Å². The molecule has 0 aromatic heterocycles. The molecule has 2 aliphatic carbocycles. The first kappa shape index (κ1) is 6.38. The van der Waals surface area contributed by atoms with E-state index in [9.17, 15) is 4.39 Å². The van der Waals surface area contributed by atoms with E-state index in [2.05, 4.69) is 0 Å². The Labute approximate surface area is 61.1 Å². The average molecular weight is 140 g/mol. The second-order valence-electron chi connectivity index (χ2n) is 3.46. The Hall–Kier alpha value is -0.330. The van der Waals surface area contributed by atoms with Crippen molar-refractivity contribution in [1.29, 1.82) is 0 Å². The molecule has 0 N–H and O–H groups in total. The van der Waals surface area contributed by atoms with Gasteiger partial charge in [-0.1, -0.05) is 6.08 Å². The molecular formula is C9H13F. The summed E-state index contributed by atoms with van der Waals surface area (Å²) in [4.78, 5) is 0. The van der Waals surface area contributed by atoms with Crippen LogP contribution in [0.1, 0.15) is 32.1 Å². The number of hydrogen-bond acceptors (Lipinski definition) is 0. The maximum absolute atomic E-state index is 13.0. The minimum absolute atomic E-state index is 0.189. The van der Waals surface area contributed by atoms with Gasteiger partial charge in [-0.05, 0) is 38.0 Å². The third-order valence-electron chi connectivity index (χ3n) is 2.60. The van der Waals surface area contributed by atoms with E-state index < -0.39 is 0 Å². The summed E-state index contributed by atoms with van der Waals surface area (Å²) in [6.45, 7) is 0. The molecule has 0 amide bonds. The van der Waals surface area contributed by atoms with Crippen LogP contribution in [-0.4, -0.2) is 0 Å². The van der Waals surface area contributed by atoms with Crippen molar-refractivity contribution in [3.8, 4) is 0 Å². The van der Waals surface area contributed by atoms with Gasteiger partial charge in [0.25, 0.3) is 0 Å². The van der Waals surface area contributed by atoms with E-state index in [4.69, 9.17) is 0 Å². The zero-order valence-corrected chi connectivity index (χ0v) is 6.15. The highest BCUT2D eigenvalue weighted by atomic mass is 19.1. The highest BCUT2D eigenvalue weighted by Gasteiger charge is 2.34. The summed E-state index contributed by atoms with van der Waals surface area (Å²) < 4.78 is 13.0. The number of hydrogen-bond donors (Lipinski definition) is 0. The first-order valence-corrected chi connectivity index (χ1v) is 4.23. The summed E-state index contributed by atoms with van der Waals surface area (Å²) in [5, 5.41) is 0. The zero-order valence-electron chi connectivity index (χ0n) is 6.15. The van der Waals surface area contributed by atoms with E-state index >= 15 is 0 Å². The maximum atomic E-state index is 13.0. The standard InChI is InChI=1S/C9H13F/c10-9-4-2-1-3-8(9)7-5-6-7/h4,7-8H,1-3,5-6H2. The largest absolute Gasteiger partial charge is 0.212 e. The molecule has 1 saturated carbocycles. The fourth-order valence-corrected chi connectivity index (χ4v) is 1.83. The fourth-order valence-electron chi connectivity index (χ4n) is 1.83. The lowest BCUT2D eigenvalue weighted by molar-refractivity contribution is 0.370. The second kappa shape index (κ2) is 2.37. The van der Waals surface area contributed by atoms with Gasteiger partial charge in [0.05, 0.1) is 5.83 Å². The van der Waals surface area contributed by atoms with Crippen LogP contribution in [0.4, 0.5) is 4.39 Å². The van der Waals surface area contributed by atoms with Crippen molar-refractivity contribution in [3.05, 3.63) is 11.9 Å². The SMILES string of the molecule is FC1=CCCCC1C1CC1. The maximum Gasteiger partial charge on any atom is 0.0993 e. The summed E-state index contributed by atoms with van der Waals surface area (Å²) in [6.07, 6.45) is 7.60. The van der Waals surface area contributed by atoms with Crippen LogP contribution in [0.2, 0.25) is 0 Å². The fraction of sp³-hybridized carbons (Fsp3) is 0.778. The van der Waals surface area contributed by atoms with Gasteiger partial charge in [-0.25, -0.2) is 4.39 Å². The summed E-state index contributed by atoms with van der Waals surface area (Å²) in [6, 6.07) is 0. The van der Waals surface area contributed by atoms with Gasteiger partial charge in [0.15, 0.2) is 0 Å². The lowest BCUT2D eigenvalue weighted by Crippen LogP contribution is -2.07. The van der Waals surface area contributed by atoms with Crippen molar-refractivity contribution in [3.63, 3.8) is 0 Å². The number of allylic oxidation sites excluding steroid dienone is 2. The van der Waals surface area contributed by atoms with Gasteiger partial charge in [0, 0.05) is 5.92 Å². The highest BCUT2D eigenvalue weighted by molar-refractivity contribution is 5.06. The third-order valence-corrected chi connectivity index (χ3v) is 2.60. The Balaban J connectivity index is 2.04. The Morgan fingerprint density at radius 1 is 1.30 bits per heavy atom. The summed E-state index contributed by atoms with van der Waals surface area (Å²) in [7, 11) is 0. The third kappa shape index (κ3) is 1.09. The van der Waals surface area contributed by atoms with Crippen LogP contribution in [0.5, 0.6) is 0 Å². The molecule has 0 aromatic carbocycles. The molecule has 0 saturated heterocycles. The molecule has 0 radical (unpaired) electrons. The monoisotopic (exact) mass is 140 g/mol. The van der Waals surface area contributed by atoms with E-state index in [0.717, 1.165) is 18.8 Å². The molecule has 1 fully saturated rings. The Bertz CT molecular complexity index is 156. The van der Waals surface area contributed by atoms with Gasteiger partial charge < -0.3 is 0 Å². The van der Waals surface area contributed by atoms with E-state index in [1.165, 1.54) is 19.3 Å². The van der Waals surface area contributed by atoms with Crippen molar-refractivity contribution < 1.29 is 4.39 Å². The van der Waals surface area contributed by atoms with E-state index in [-0.39, 0.29) is 5.83 Å². The van der Waals surface area contributed by atoms with Crippen LogP contribution >= 0.6 is 0 Å². The molecule has 2 rings (SSSR count). The summed E-state index contributed by atoms with van der Waals surface area (Å²) in [5.41, 5.74) is 0. The molecule has 56 valence electrons. The molecular weight excluding hydrogens is 127 g/mol. The smallest absolute Gasteiger partial charge is 0.0993 e. The normalized spacial score (nSPS) is 33.7. The van der Waals surface area contributed by atoms with Gasteiger partial charge in [-0.15, -0.1) is 0 Å². The zero-order chi connectivity index (χ0) is 6.97. The predicted molar refractivity (Wildman–Crippen MR) is 39.3 cm³/mol. The summed E-state index contributed by atoms with van der Waals surface area (Å²) in [5.74, 6) is 1.24. The van der Waals surface area contributed by atoms with Crippen LogP contribution in [0.3, 0.4) is 0 Å². The molecule has 1 unspecified atom stereocenters. The lowest BCUT2D eigenvalue weighted by Gasteiger charge is -2.17. The first-order chi connectivity index (χ1) is 4.88. The second-order valence-corrected chi connectivity index (χ2v) is 3.46. The van der Waals surface area contributed by atoms with Gasteiger partial charge in [0.2, 0.25) is 0 Å². The Morgan fingerprint density at radius 3 is 2.70 bits per heavy atom. The van der Waals surface area contributed by atoms with Gasteiger partial charge in [0.1, 0.15) is 0 Å². The number of rotatable bonds is 1. The van der Waals surface area contributed by atoms with Crippen molar-refractivity contribution in [1.82, 2.24) is 0 Å².